The first-order chi connectivity index (χ1) is 9.49. The largest absolute Gasteiger partial charge is 0.490 e. The number of oxime groups is 1. The molecule has 0 spiro atoms. The van der Waals surface area contributed by atoms with E-state index in [0.717, 1.165) is 17.3 Å². The maximum absolute atomic E-state index is 8.89. The van der Waals surface area contributed by atoms with E-state index in [-0.39, 0.29) is 11.9 Å². The zero-order chi connectivity index (χ0) is 14.7. The van der Waals surface area contributed by atoms with Crippen molar-refractivity contribution in [2.45, 2.75) is 39.2 Å². The summed E-state index contributed by atoms with van der Waals surface area (Å²) in [7, 11) is 0. The Balaban J connectivity index is 2.20. The van der Waals surface area contributed by atoms with E-state index in [2.05, 4.69) is 34.9 Å². The first kappa shape index (κ1) is 15.2. The molecule has 0 bridgehead atoms. The van der Waals surface area contributed by atoms with Crippen LogP contribution in [0.2, 0.25) is 0 Å². The van der Waals surface area contributed by atoms with Crippen molar-refractivity contribution in [3.05, 3.63) is 28.2 Å². The summed E-state index contributed by atoms with van der Waals surface area (Å²) in [5.74, 6) is 2.09. The van der Waals surface area contributed by atoms with Crippen molar-refractivity contribution in [3.63, 3.8) is 0 Å². The molecule has 1 aliphatic carbocycles. The minimum Gasteiger partial charge on any atom is -0.490 e. The molecule has 1 aromatic rings. The quantitative estimate of drug-likeness (QED) is 0.381. The number of halogens is 1. The second-order valence-corrected chi connectivity index (χ2v) is 6.70. The van der Waals surface area contributed by atoms with Gasteiger partial charge in [0.1, 0.15) is 5.75 Å². The summed E-state index contributed by atoms with van der Waals surface area (Å²) in [6.45, 7) is 4.52. The Kier molecular flexibility index (Phi) is 4.91. The molecule has 1 fully saturated rings. The molecule has 0 aliphatic heterocycles. The molecule has 110 valence electrons. The fraction of sp³-hybridized carbons (Fsp3) is 0.533. The molecular weight excluding hydrogens is 320 g/mol. The van der Waals surface area contributed by atoms with Gasteiger partial charge in [-0.3, -0.25) is 0 Å². The van der Waals surface area contributed by atoms with E-state index in [9.17, 15) is 0 Å². The Bertz CT molecular complexity index is 495. The third kappa shape index (κ3) is 3.66. The lowest BCUT2D eigenvalue weighted by molar-refractivity contribution is 0.101. The second kappa shape index (κ2) is 6.48. The number of amidine groups is 1. The lowest BCUT2D eigenvalue weighted by atomic mass is 9.82. The smallest absolute Gasteiger partial charge is 0.173 e. The average molecular weight is 341 g/mol. The van der Waals surface area contributed by atoms with Gasteiger partial charge in [0.15, 0.2) is 5.84 Å². The highest BCUT2D eigenvalue weighted by Gasteiger charge is 2.26. The van der Waals surface area contributed by atoms with Crippen LogP contribution < -0.4 is 10.5 Å². The Morgan fingerprint density at radius 3 is 2.55 bits per heavy atom. The molecular formula is C15H21BrN2O2. The van der Waals surface area contributed by atoms with Crippen molar-refractivity contribution in [1.82, 2.24) is 0 Å². The first-order valence-corrected chi connectivity index (χ1v) is 7.73. The van der Waals surface area contributed by atoms with Gasteiger partial charge in [-0.1, -0.05) is 34.9 Å². The van der Waals surface area contributed by atoms with Gasteiger partial charge in [-0.25, -0.2) is 0 Å². The number of nitrogens with zero attached hydrogens (tertiary/aromatic N) is 1. The summed E-state index contributed by atoms with van der Waals surface area (Å²) < 4.78 is 6.98. The molecule has 20 heavy (non-hydrogen) atoms. The number of benzene rings is 1. The molecule has 2 rings (SSSR count). The zero-order valence-electron chi connectivity index (χ0n) is 11.8. The van der Waals surface area contributed by atoms with E-state index >= 15 is 0 Å². The van der Waals surface area contributed by atoms with Crippen molar-refractivity contribution < 1.29 is 9.94 Å². The van der Waals surface area contributed by atoms with Gasteiger partial charge in [-0.05, 0) is 49.3 Å². The standard InChI is InChI=1S/C15H21BrN2O2/c1-9-5-10(2)7-12(6-9)20-14-4-3-11(16)8-13(14)15(17)18-19/h3-4,8-10,12,19H,5-7H2,1-2H3,(H2,17,18). The van der Waals surface area contributed by atoms with E-state index in [1.807, 2.05) is 12.1 Å². The highest BCUT2D eigenvalue weighted by atomic mass is 79.9. The number of nitrogens with two attached hydrogens (primary N) is 1. The van der Waals surface area contributed by atoms with Crippen LogP contribution in [-0.2, 0) is 0 Å². The Labute approximate surface area is 128 Å². The number of hydrogen-bond acceptors (Lipinski definition) is 3. The number of hydrogen-bond donors (Lipinski definition) is 2. The van der Waals surface area contributed by atoms with Crippen LogP contribution in [0.4, 0.5) is 0 Å². The highest BCUT2D eigenvalue weighted by Crippen LogP contribution is 2.33. The second-order valence-electron chi connectivity index (χ2n) is 5.78. The molecule has 3 N–H and O–H groups in total. The third-order valence-corrected chi connectivity index (χ3v) is 4.25. The summed E-state index contributed by atoms with van der Waals surface area (Å²) in [6, 6.07) is 5.57. The zero-order valence-corrected chi connectivity index (χ0v) is 13.4. The van der Waals surface area contributed by atoms with Gasteiger partial charge in [0.05, 0.1) is 11.7 Å². The predicted octanol–water partition coefficient (Wildman–Crippen LogP) is 3.75. The maximum Gasteiger partial charge on any atom is 0.173 e. The lowest BCUT2D eigenvalue weighted by Gasteiger charge is -2.32. The van der Waals surface area contributed by atoms with Crippen molar-refractivity contribution in [3.8, 4) is 5.75 Å². The summed E-state index contributed by atoms with van der Waals surface area (Å²) in [5, 5.41) is 12.0. The lowest BCUT2D eigenvalue weighted by Crippen LogP contribution is -2.29. The van der Waals surface area contributed by atoms with Crippen molar-refractivity contribution in [2.24, 2.45) is 22.7 Å². The van der Waals surface area contributed by atoms with Crippen LogP contribution in [0, 0.1) is 11.8 Å². The molecule has 1 aromatic carbocycles. The van der Waals surface area contributed by atoms with Crippen LogP contribution in [0.1, 0.15) is 38.7 Å². The van der Waals surface area contributed by atoms with E-state index in [0.29, 0.717) is 23.1 Å². The minimum atomic E-state index is 0.0678. The summed E-state index contributed by atoms with van der Waals surface area (Å²) in [4.78, 5) is 0. The molecule has 4 nitrogen and oxygen atoms in total. The van der Waals surface area contributed by atoms with Crippen LogP contribution in [0.25, 0.3) is 0 Å². The molecule has 0 radical (unpaired) electrons. The van der Waals surface area contributed by atoms with Crippen LogP contribution in [-0.4, -0.2) is 17.1 Å². The van der Waals surface area contributed by atoms with Gasteiger partial charge in [0.2, 0.25) is 0 Å². The minimum absolute atomic E-state index is 0.0678. The van der Waals surface area contributed by atoms with E-state index in [4.69, 9.17) is 15.7 Å². The van der Waals surface area contributed by atoms with Crippen LogP contribution >= 0.6 is 15.9 Å². The van der Waals surface area contributed by atoms with Gasteiger partial charge >= 0.3 is 0 Å². The van der Waals surface area contributed by atoms with Crippen LogP contribution in [0.3, 0.4) is 0 Å². The first-order valence-electron chi connectivity index (χ1n) is 6.93. The van der Waals surface area contributed by atoms with Crippen molar-refractivity contribution >= 4 is 21.8 Å². The van der Waals surface area contributed by atoms with Crippen molar-refractivity contribution in [1.29, 1.82) is 0 Å². The molecule has 0 amide bonds. The average Bonchev–Trinajstić information content (AvgIpc) is 2.38. The van der Waals surface area contributed by atoms with Gasteiger partial charge in [-0.15, -0.1) is 0 Å². The Hall–Kier alpha value is -1.23. The maximum atomic E-state index is 8.89. The summed E-state index contributed by atoms with van der Waals surface area (Å²) in [5.41, 5.74) is 6.34. The van der Waals surface area contributed by atoms with Gasteiger partial charge in [-0.2, -0.15) is 0 Å². The predicted molar refractivity (Wildman–Crippen MR) is 83.2 cm³/mol. The normalized spacial score (nSPS) is 27.4. The highest BCUT2D eigenvalue weighted by molar-refractivity contribution is 9.10. The molecule has 2 atom stereocenters. The molecule has 0 aromatic heterocycles. The molecule has 1 saturated carbocycles. The van der Waals surface area contributed by atoms with E-state index in [1.54, 1.807) is 6.07 Å². The fourth-order valence-electron chi connectivity index (χ4n) is 3.01. The monoisotopic (exact) mass is 340 g/mol. The number of ether oxygens (including phenoxy) is 1. The Morgan fingerprint density at radius 2 is 1.95 bits per heavy atom. The molecule has 5 heteroatoms. The van der Waals surface area contributed by atoms with Crippen LogP contribution in [0.5, 0.6) is 5.75 Å². The van der Waals surface area contributed by atoms with Crippen LogP contribution in [0.15, 0.2) is 27.8 Å². The SMILES string of the molecule is CC1CC(C)CC(Oc2ccc(Br)cc2/C(N)=N/O)C1. The topological polar surface area (TPSA) is 67.8 Å². The van der Waals surface area contributed by atoms with Crippen molar-refractivity contribution in [2.75, 3.05) is 0 Å². The van der Waals surface area contributed by atoms with E-state index in [1.165, 1.54) is 6.42 Å². The fourth-order valence-corrected chi connectivity index (χ4v) is 3.37. The van der Waals surface area contributed by atoms with E-state index < -0.39 is 0 Å². The van der Waals surface area contributed by atoms with Gasteiger partial charge in [0, 0.05) is 4.47 Å². The molecule has 2 unspecified atom stereocenters. The van der Waals surface area contributed by atoms with Gasteiger partial charge < -0.3 is 15.7 Å². The Morgan fingerprint density at radius 1 is 1.30 bits per heavy atom. The molecule has 1 aliphatic rings. The molecule has 0 saturated heterocycles. The van der Waals surface area contributed by atoms with Gasteiger partial charge in [0.25, 0.3) is 0 Å². The number of rotatable bonds is 3. The molecule has 0 heterocycles. The summed E-state index contributed by atoms with van der Waals surface area (Å²) in [6.07, 6.45) is 3.56. The third-order valence-electron chi connectivity index (χ3n) is 3.75. The summed E-state index contributed by atoms with van der Waals surface area (Å²) >= 11 is 3.39.